The second-order valence-corrected chi connectivity index (χ2v) is 4.33. The molecule has 5 heteroatoms. The van der Waals surface area contributed by atoms with Crippen molar-refractivity contribution in [2.24, 2.45) is 12.8 Å². The third-order valence-corrected chi connectivity index (χ3v) is 3.01. The first-order valence-corrected chi connectivity index (χ1v) is 6.35. The lowest BCUT2D eigenvalue weighted by atomic mass is 10.2. The van der Waals surface area contributed by atoms with Crippen LogP contribution >= 0.6 is 0 Å². The van der Waals surface area contributed by atoms with E-state index in [0.29, 0.717) is 6.54 Å². The monoisotopic (exact) mass is 260 g/mol. The van der Waals surface area contributed by atoms with Gasteiger partial charge in [0.1, 0.15) is 5.75 Å². The summed E-state index contributed by atoms with van der Waals surface area (Å²) < 4.78 is 7.19. The molecule has 1 aromatic heterocycles. The quantitative estimate of drug-likeness (QED) is 0.862. The van der Waals surface area contributed by atoms with Crippen LogP contribution < -0.4 is 15.4 Å². The molecule has 0 aliphatic heterocycles. The van der Waals surface area contributed by atoms with E-state index in [9.17, 15) is 0 Å². The number of ether oxygens (including phenoxy) is 1. The number of imidazole rings is 1. The summed E-state index contributed by atoms with van der Waals surface area (Å²) in [5, 5.41) is 0. The number of nitrogens with zero attached hydrogens (tertiary/aromatic N) is 3. The normalized spacial score (nSPS) is 10.5. The van der Waals surface area contributed by atoms with Crippen LogP contribution in [0.5, 0.6) is 5.75 Å². The van der Waals surface area contributed by atoms with E-state index in [4.69, 9.17) is 10.5 Å². The van der Waals surface area contributed by atoms with Gasteiger partial charge >= 0.3 is 0 Å². The van der Waals surface area contributed by atoms with Crippen molar-refractivity contribution in [1.29, 1.82) is 0 Å². The number of rotatable bonds is 6. The Hall–Kier alpha value is -2.01. The largest absolute Gasteiger partial charge is 0.497 e. The number of anilines is 2. The Morgan fingerprint density at radius 1 is 1.32 bits per heavy atom. The average Bonchev–Trinajstić information content (AvgIpc) is 2.86. The van der Waals surface area contributed by atoms with Gasteiger partial charge in [-0.05, 0) is 37.2 Å². The van der Waals surface area contributed by atoms with Gasteiger partial charge in [0.15, 0.2) is 0 Å². The van der Waals surface area contributed by atoms with Crippen LogP contribution in [0.25, 0.3) is 0 Å². The van der Waals surface area contributed by atoms with Gasteiger partial charge in [-0.1, -0.05) is 0 Å². The SMILES string of the molecule is COc1ccc(N(CCCN)c2nccn2C)cc1. The molecule has 2 rings (SSSR count). The van der Waals surface area contributed by atoms with Crippen LogP contribution in [0.4, 0.5) is 11.6 Å². The number of hydrogen-bond acceptors (Lipinski definition) is 4. The summed E-state index contributed by atoms with van der Waals surface area (Å²) in [6, 6.07) is 7.97. The maximum atomic E-state index is 5.62. The van der Waals surface area contributed by atoms with Crippen LogP contribution in [-0.4, -0.2) is 29.8 Å². The number of aryl methyl sites for hydroxylation is 1. The lowest BCUT2D eigenvalue weighted by molar-refractivity contribution is 0.415. The molecule has 2 aromatic rings. The maximum Gasteiger partial charge on any atom is 0.209 e. The first kappa shape index (κ1) is 13.4. The molecule has 0 spiro atoms. The molecular formula is C14H20N4O. The summed E-state index contributed by atoms with van der Waals surface area (Å²) >= 11 is 0. The molecule has 0 amide bonds. The maximum absolute atomic E-state index is 5.62. The van der Waals surface area contributed by atoms with E-state index in [1.54, 1.807) is 13.3 Å². The summed E-state index contributed by atoms with van der Waals surface area (Å²) in [7, 11) is 3.65. The number of nitrogens with two attached hydrogens (primary N) is 1. The highest BCUT2D eigenvalue weighted by Crippen LogP contribution is 2.25. The molecule has 0 aliphatic rings. The lowest BCUT2D eigenvalue weighted by Crippen LogP contribution is -2.23. The Morgan fingerprint density at radius 3 is 2.58 bits per heavy atom. The standard InChI is InChI=1S/C14H20N4O/c1-17-11-9-16-14(17)18(10-3-8-15)12-4-6-13(19-2)7-5-12/h4-7,9,11H,3,8,10,15H2,1-2H3. The van der Waals surface area contributed by atoms with Crippen molar-refractivity contribution in [3.8, 4) is 5.75 Å². The predicted octanol–water partition coefficient (Wildman–Crippen LogP) is 1.92. The second-order valence-electron chi connectivity index (χ2n) is 4.33. The van der Waals surface area contributed by atoms with Crippen LogP contribution in [-0.2, 0) is 7.05 Å². The van der Waals surface area contributed by atoms with Crippen molar-refractivity contribution < 1.29 is 4.74 Å². The van der Waals surface area contributed by atoms with Crippen LogP contribution in [0.3, 0.4) is 0 Å². The van der Waals surface area contributed by atoms with Gasteiger partial charge in [-0.2, -0.15) is 0 Å². The first-order chi connectivity index (χ1) is 9.26. The molecular weight excluding hydrogens is 240 g/mol. The Morgan fingerprint density at radius 2 is 2.05 bits per heavy atom. The van der Waals surface area contributed by atoms with Gasteiger partial charge in [0.05, 0.1) is 7.11 Å². The summed E-state index contributed by atoms with van der Waals surface area (Å²) in [6.45, 7) is 1.50. The van der Waals surface area contributed by atoms with Crippen molar-refractivity contribution in [3.63, 3.8) is 0 Å². The highest BCUT2D eigenvalue weighted by molar-refractivity contribution is 5.58. The highest BCUT2D eigenvalue weighted by Gasteiger charge is 2.13. The topological polar surface area (TPSA) is 56.3 Å². The smallest absolute Gasteiger partial charge is 0.209 e. The minimum Gasteiger partial charge on any atom is -0.497 e. The Kier molecular flexibility index (Phi) is 4.41. The van der Waals surface area contributed by atoms with Crippen molar-refractivity contribution >= 4 is 11.6 Å². The average molecular weight is 260 g/mol. The Labute approximate surface area is 113 Å². The van der Waals surface area contributed by atoms with Gasteiger partial charge in [0.2, 0.25) is 5.95 Å². The fraction of sp³-hybridized carbons (Fsp3) is 0.357. The molecule has 0 bridgehead atoms. The van der Waals surface area contributed by atoms with E-state index in [1.165, 1.54) is 0 Å². The van der Waals surface area contributed by atoms with E-state index >= 15 is 0 Å². The summed E-state index contributed by atoms with van der Waals surface area (Å²) in [6.07, 6.45) is 4.65. The lowest BCUT2D eigenvalue weighted by Gasteiger charge is -2.23. The van der Waals surface area contributed by atoms with Crippen LogP contribution in [0.15, 0.2) is 36.7 Å². The van der Waals surface area contributed by atoms with E-state index in [0.717, 1.165) is 30.4 Å². The third kappa shape index (κ3) is 3.06. The van der Waals surface area contributed by atoms with Gasteiger partial charge in [-0.3, -0.25) is 0 Å². The summed E-state index contributed by atoms with van der Waals surface area (Å²) in [5.74, 6) is 1.76. The van der Waals surface area contributed by atoms with E-state index in [1.807, 2.05) is 42.1 Å². The Bertz CT molecular complexity index is 506. The predicted molar refractivity (Wildman–Crippen MR) is 76.9 cm³/mol. The molecule has 0 fully saturated rings. The fourth-order valence-corrected chi connectivity index (χ4v) is 1.97. The fourth-order valence-electron chi connectivity index (χ4n) is 1.97. The first-order valence-electron chi connectivity index (χ1n) is 6.35. The molecule has 2 N–H and O–H groups in total. The zero-order chi connectivity index (χ0) is 13.7. The van der Waals surface area contributed by atoms with Gasteiger partial charge in [-0.25, -0.2) is 4.98 Å². The molecule has 0 unspecified atom stereocenters. The van der Waals surface area contributed by atoms with E-state index in [-0.39, 0.29) is 0 Å². The van der Waals surface area contributed by atoms with Crippen molar-refractivity contribution in [2.45, 2.75) is 6.42 Å². The summed E-state index contributed by atoms with van der Waals surface area (Å²) in [4.78, 5) is 6.56. The molecule has 102 valence electrons. The molecule has 1 aromatic carbocycles. The van der Waals surface area contributed by atoms with Crippen molar-refractivity contribution in [3.05, 3.63) is 36.7 Å². The van der Waals surface area contributed by atoms with Crippen LogP contribution in [0.2, 0.25) is 0 Å². The second kappa shape index (κ2) is 6.24. The van der Waals surface area contributed by atoms with E-state index in [2.05, 4.69) is 9.88 Å². The van der Waals surface area contributed by atoms with E-state index < -0.39 is 0 Å². The number of hydrogen-bond donors (Lipinski definition) is 1. The van der Waals surface area contributed by atoms with Crippen LogP contribution in [0.1, 0.15) is 6.42 Å². The summed E-state index contributed by atoms with van der Waals surface area (Å²) in [5.41, 5.74) is 6.70. The van der Waals surface area contributed by atoms with Gasteiger partial charge in [0, 0.05) is 31.7 Å². The van der Waals surface area contributed by atoms with Crippen molar-refractivity contribution in [2.75, 3.05) is 25.1 Å². The van der Waals surface area contributed by atoms with Crippen molar-refractivity contribution in [1.82, 2.24) is 9.55 Å². The molecule has 0 atom stereocenters. The molecule has 19 heavy (non-hydrogen) atoms. The molecule has 1 heterocycles. The minimum atomic E-state index is 0.664. The number of benzene rings is 1. The Balaban J connectivity index is 2.28. The molecule has 0 radical (unpaired) electrons. The van der Waals surface area contributed by atoms with Crippen LogP contribution in [0, 0.1) is 0 Å². The molecule has 0 saturated heterocycles. The minimum absolute atomic E-state index is 0.664. The molecule has 0 aliphatic carbocycles. The highest BCUT2D eigenvalue weighted by atomic mass is 16.5. The number of methoxy groups -OCH3 is 1. The molecule has 0 saturated carbocycles. The van der Waals surface area contributed by atoms with Gasteiger partial charge in [-0.15, -0.1) is 0 Å². The zero-order valence-electron chi connectivity index (χ0n) is 11.4. The third-order valence-electron chi connectivity index (χ3n) is 3.01. The zero-order valence-corrected chi connectivity index (χ0v) is 11.4. The number of aromatic nitrogens is 2. The molecule has 5 nitrogen and oxygen atoms in total. The van der Waals surface area contributed by atoms with Gasteiger partial charge in [0.25, 0.3) is 0 Å². The van der Waals surface area contributed by atoms with Gasteiger partial charge < -0.3 is 19.9 Å².